The predicted molar refractivity (Wildman–Crippen MR) is 111 cm³/mol. The molecule has 0 spiro atoms. The molecule has 1 saturated heterocycles. The molecule has 29 heavy (non-hydrogen) atoms. The highest BCUT2D eigenvalue weighted by Gasteiger charge is 2.33. The van der Waals surface area contributed by atoms with Gasteiger partial charge in [0, 0.05) is 12.2 Å². The highest BCUT2D eigenvalue weighted by molar-refractivity contribution is 6.00. The van der Waals surface area contributed by atoms with E-state index < -0.39 is 5.97 Å². The number of hydrogen-bond acceptors (Lipinski definition) is 4. The highest BCUT2D eigenvalue weighted by Crippen LogP contribution is 2.34. The number of carbonyl (C=O) groups is 2. The van der Waals surface area contributed by atoms with Crippen LogP contribution in [-0.2, 0) is 4.74 Å². The van der Waals surface area contributed by atoms with Crippen LogP contribution >= 0.6 is 0 Å². The molecule has 1 aromatic carbocycles. The third kappa shape index (κ3) is 4.31. The first-order valence-corrected chi connectivity index (χ1v) is 10.3. The summed E-state index contributed by atoms with van der Waals surface area (Å²) in [6.45, 7) is 10.5. The van der Waals surface area contributed by atoms with Gasteiger partial charge in [0.05, 0.1) is 24.3 Å². The number of amides is 1. The first-order chi connectivity index (χ1) is 13.8. The third-order valence-corrected chi connectivity index (χ3v) is 5.29. The highest BCUT2D eigenvalue weighted by atomic mass is 16.5. The zero-order valence-corrected chi connectivity index (χ0v) is 17.9. The maximum absolute atomic E-state index is 13.3. The molecule has 0 bridgehead atoms. The molecule has 1 amide bonds. The molecule has 0 radical (unpaired) electrons. The van der Waals surface area contributed by atoms with Crippen LogP contribution in [-0.4, -0.2) is 41.0 Å². The zero-order valence-electron chi connectivity index (χ0n) is 17.9. The van der Waals surface area contributed by atoms with Crippen molar-refractivity contribution in [1.29, 1.82) is 0 Å². The maximum Gasteiger partial charge on any atom is 0.340 e. The minimum absolute atomic E-state index is 0.0206. The lowest BCUT2D eigenvalue weighted by Gasteiger charge is -2.25. The van der Waals surface area contributed by atoms with Gasteiger partial charge in [0.25, 0.3) is 5.91 Å². The first-order valence-electron chi connectivity index (χ1n) is 10.3. The van der Waals surface area contributed by atoms with E-state index in [0.717, 1.165) is 24.2 Å². The van der Waals surface area contributed by atoms with Gasteiger partial charge in [-0.3, -0.25) is 4.79 Å². The van der Waals surface area contributed by atoms with Crippen molar-refractivity contribution in [2.75, 3.05) is 13.2 Å². The summed E-state index contributed by atoms with van der Waals surface area (Å²) in [5, 5.41) is 0. The maximum atomic E-state index is 13.3. The summed E-state index contributed by atoms with van der Waals surface area (Å²) in [7, 11) is 0. The fraction of sp³-hybridized carbons (Fsp3) is 0.478. The average Bonchev–Trinajstić information content (AvgIpc) is 3.26. The number of likely N-dealkylation sites (tertiary alicyclic amines) is 1. The van der Waals surface area contributed by atoms with E-state index in [2.05, 4.69) is 4.98 Å². The number of hydrogen-bond donors (Lipinski definition) is 1. The van der Waals surface area contributed by atoms with E-state index in [-0.39, 0.29) is 18.1 Å². The smallest absolute Gasteiger partial charge is 0.340 e. The number of aryl methyl sites for hydroxylation is 1. The lowest BCUT2D eigenvalue weighted by atomic mass is 10.0. The van der Waals surface area contributed by atoms with Crippen molar-refractivity contribution >= 4 is 11.9 Å². The molecule has 3 rings (SSSR count). The second-order valence-corrected chi connectivity index (χ2v) is 7.74. The molecule has 6 heteroatoms. The van der Waals surface area contributed by atoms with Crippen molar-refractivity contribution in [2.24, 2.45) is 0 Å². The second kappa shape index (κ2) is 8.72. The van der Waals surface area contributed by atoms with Crippen LogP contribution in [0.25, 0.3) is 0 Å². The number of esters is 1. The van der Waals surface area contributed by atoms with Crippen molar-refractivity contribution in [3.63, 3.8) is 0 Å². The summed E-state index contributed by atoms with van der Waals surface area (Å²) in [6, 6.07) is 7.97. The minimum Gasteiger partial charge on any atom is -0.494 e. The van der Waals surface area contributed by atoms with Crippen molar-refractivity contribution < 1.29 is 19.1 Å². The molecular weight excluding hydrogens is 368 g/mol. The van der Waals surface area contributed by atoms with Gasteiger partial charge in [-0.2, -0.15) is 0 Å². The Morgan fingerprint density at radius 1 is 1.21 bits per heavy atom. The largest absolute Gasteiger partial charge is 0.494 e. The lowest BCUT2D eigenvalue weighted by Crippen LogP contribution is -2.31. The number of benzene rings is 1. The Kier molecular flexibility index (Phi) is 6.30. The fourth-order valence-electron chi connectivity index (χ4n) is 4.00. The first kappa shape index (κ1) is 21.0. The van der Waals surface area contributed by atoms with Gasteiger partial charge in [0.15, 0.2) is 0 Å². The Bertz CT molecular complexity index is 883. The van der Waals surface area contributed by atoms with Gasteiger partial charge in [-0.05, 0) is 70.7 Å². The number of carbonyl (C=O) groups excluding carboxylic acids is 2. The molecule has 2 aromatic rings. The average molecular weight is 399 g/mol. The standard InChI is InChI=1S/C23H30N2O4/c1-6-28-18-11-9-17(10-12-18)19-8-7-13-25(19)22(26)21-15(4)20(16(5)24-21)23(27)29-14(2)3/h9-12,14,19,24H,6-8,13H2,1-5H3. The number of aromatic amines is 1. The van der Waals surface area contributed by atoms with E-state index in [1.54, 1.807) is 13.8 Å². The van der Waals surface area contributed by atoms with E-state index in [1.165, 1.54) is 0 Å². The Morgan fingerprint density at radius 2 is 1.90 bits per heavy atom. The Labute approximate surface area is 172 Å². The number of ether oxygens (including phenoxy) is 2. The van der Waals surface area contributed by atoms with Crippen molar-refractivity contribution in [2.45, 2.75) is 59.6 Å². The molecule has 0 saturated carbocycles. The van der Waals surface area contributed by atoms with Crippen LogP contribution in [0.4, 0.5) is 0 Å². The SMILES string of the molecule is CCOc1ccc(C2CCCN2C(=O)c2[nH]c(C)c(C(=O)OC(C)C)c2C)cc1. The monoisotopic (exact) mass is 398 g/mol. The van der Waals surface area contributed by atoms with Gasteiger partial charge < -0.3 is 19.4 Å². The molecule has 1 atom stereocenters. The molecule has 0 aliphatic carbocycles. The molecule has 1 aliphatic rings. The number of H-pyrrole nitrogens is 1. The summed E-state index contributed by atoms with van der Waals surface area (Å²) >= 11 is 0. The summed E-state index contributed by atoms with van der Waals surface area (Å²) < 4.78 is 10.9. The fourth-order valence-corrected chi connectivity index (χ4v) is 4.00. The van der Waals surface area contributed by atoms with E-state index in [0.29, 0.717) is 35.7 Å². The van der Waals surface area contributed by atoms with Crippen LogP contribution in [0.1, 0.15) is 77.3 Å². The summed E-state index contributed by atoms with van der Waals surface area (Å²) in [5.74, 6) is 0.358. The Balaban J connectivity index is 1.85. The summed E-state index contributed by atoms with van der Waals surface area (Å²) in [4.78, 5) is 30.8. The van der Waals surface area contributed by atoms with Gasteiger partial charge in [-0.25, -0.2) is 4.79 Å². The van der Waals surface area contributed by atoms with Crippen LogP contribution in [0.5, 0.6) is 5.75 Å². The van der Waals surface area contributed by atoms with Gasteiger partial charge in [-0.1, -0.05) is 12.1 Å². The summed E-state index contributed by atoms with van der Waals surface area (Å²) in [5.41, 5.74) is 3.33. The van der Waals surface area contributed by atoms with E-state index in [1.807, 2.05) is 49.9 Å². The van der Waals surface area contributed by atoms with Crippen LogP contribution in [0.3, 0.4) is 0 Å². The van der Waals surface area contributed by atoms with Crippen LogP contribution in [0, 0.1) is 13.8 Å². The molecule has 156 valence electrons. The second-order valence-electron chi connectivity index (χ2n) is 7.74. The normalized spacial score (nSPS) is 16.3. The molecule has 1 aromatic heterocycles. The molecule has 6 nitrogen and oxygen atoms in total. The molecule has 1 unspecified atom stereocenters. The van der Waals surface area contributed by atoms with Gasteiger partial charge in [-0.15, -0.1) is 0 Å². The van der Waals surface area contributed by atoms with Gasteiger partial charge >= 0.3 is 5.97 Å². The molecule has 2 heterocycles. The number of aromatic nitrogens is 1. The molecular formula is C23H30N2O4. The van der Waals surface area contributed by atoms with Crippen molar-refractivity contribution in [3.8, 4) is 5.75 Å². The van der Waals surface area contributed by atoms with Crippen LogP contribution < -0.4 is 4.74 Å². The van der Waals surface area contributed by atoms with E-state index in [4.69, 9.17) is 9.47 Å². The van der Waals surface area contributed by atoms with Gasteiger partial charge in [0.1, 0.15) is 11.4 Å². The lowest BCUT2D eigenvalue weighted by molar-refractivity contribution is 0.0376. The van der Waals surface area contributed by atoms with Crippen LogP contribution in [0.15, 0.2) is 24.3 Å². The van der Waals surface area contributed by atoms with E-state index >= 15 is 0 Å². The predicted octanol–water partition coefficient (Wildman–Crippen LogP) is 4.57. The van der Waals surface area contributed by atoms with E-state index in [9.17, 15) is 9.59 Å². The summed E-state index contributed by atoms with van der Waals surface area (Å²) in [6.07, 6.45) is 1.66. The third-order valence-electron chi connectivity index (χ3n) is 5.29. The number of nitrogens with one attached hydrogen (secondary N) is 1. The molecule has 1 N–H and O–H groups in total. The quantitative estimate of drug-likeness (QED) is 0.724. The van der Waals surface area contributed by atoms with Crippen LogP contribution in [0.2, 0.25) is 0 Å². The Hall–Kier alpha value is -2.76. The number of nitrogens with zero attached hydrogens (tertiary/aromatic N) is 1. The zero-order chi connectivity index (χ0) is 21.1. The molecule has 1 fully saturated rings. The topological polar surface area (TPSA) is 71.6 Å². The Morgan fingerprint density at radius 3 is 2.52 bits per heavy atom. The van der Waals surface area contributed by atoms with Crippen molar-refractivity contribution in [1.82, 2.24) is 9.88 Å². The van der Waals surface area contributed by atoms with Crippen molar-refractivity contribution in [3.05, 3.63) is 52.3 Å². The van der Waals surface area contributed by atoms with Gasteiger partial charge in [0.2, 0.25) is 0 Å². The minimum atomic E-state index is -0.394. The number of rotatable bonds is 6. The molecule has 1 aliphatic heterocycles.